The van der Waals surface area contributed by atoms with E-state index in [1.165, 1.54) is 17.2 Å². The summed E-state index contributed by atoms with van der Waals surface area (Å²) < 4.78 is 26.8. The third-order valence-corrected chi connectivity index (χ3v) is 4.48. The van der Waals surface area contributed by atoms with Crippen LogP contribution in [-0.4, -0.2) is 13.1 Å². The van der Waals surface area contributed by atoms with Gasteiger partial charge in [0, 0.05) is 12.1 Å². The van der Waals surface area contributed by atoms with E-state index in [1.54, 1.807) is 6.07 Å². The molecule has 21 heavy (non-hydrogen) atoms. The number of fused-ring (bicyclic) bond motifs is 1. The molecule has 1 nitrogen and oxygen atoms in total. The van der Waals surface area contributed by atoms with Crippen LogP contribution in [0.2, 0.25) is 0 Å². The van der Waals surface area contributed by atoms with Gasteiger partial charge < -0.3 is 5.32 Å². The van der Waals surface area contributed by atoms with Gasteiger partial charge in [-0.05, 0) is 55.0 Å². The van der Waals surface area contributed by atoms with Crippen molar-refractivity contribution < 1.29 is 8.78 Å². The average molecular weight is 287 g/mol. The molecule has 3 rings (SSSR count). The van der Waals surface area contributed by atoms with Gasteiger partial charge in [0.2, 0.25) is 0 Å². The maximum atomic E-state index is 13.8. The van der Waals surface area contributed by atoms with Crippen LogP contribution < -0.4 is 5.32 Å². The largest absolute Gasteiger partial charge is 0.316 e. The van der Waals surface area contributed by atoms with Gasteiger partial charge in [-0.3, -0.25) is 0 Å². The van der Waals surface area contributed by atoms with Crippen LogP contribution in [0, 0.1) is 17.6 Å². The zero-order chi connectivity index (χ0) is 14.8. The lowest BCUT2D eigenvalue weighted by molar-refractivity contribution is 0.378. The molecule has 1 N–H and O–H groups in total. The standard InChI is InChI=1S/C18H19F2N/c1-21-18(10-14-6-7-16(19)11-17(14)20)15-8-12-4-2-3-5-13(12)9-15/h2-7,11,15,18,21H,8-10H2,1H3. The Labute approximate surface area is 124 Å². The number of benzene rings is 2. The van der Waals surface area contributed by atoms with E-state index in [0.717, 1.165) is 18.9 Å². The Morgan fingerprint density at radius 1 is 1.10 bits per heavy atom. The van der Waals surface area contributed by atoms with E-state index in [4.69, 9.17) is 0 Å². The minimum Gasteiger partial charge on any atom is -0.316 e. The molecule has 2 aromatic carbocycles. The number of halogens is 2. The summed E-state index contributed by atoms with van der Waals surface area (Å²) in [5.41, 5.74) is 3.36. The number of rotatable bonds is 4. The second-order valence-corrected chi connectivity index (χ2v) is 5.77. The van der Waals surface area contributed by atoms with E-state index in [0.29, 0.717) is 17.9 Å². The van der Waals surface area contributed by atoms with Crippen LogP contribution in [0.15, 0.2) is 42.5 Å². The van der Waals surface area contributed by atoms with Crippen molar-refractivity contribution in [2.75, 3.05) is 7.05 Å². The molecule has 2 aromatic rings. The van der Waals surface area contributed by atoms with E-state index in [-0.39, 0.29) is 6.04 Å². The van der Waals surface area contributed by atoms with E-state index in [1.807, 2.05) is 7.05 Å². The highest BCUT2D eigenvalue weighted by Gasteiger charge is 2.28. The molecule has 1 atom stereocenters. The van der Waals surface area contributed by atoms with Gasteiger partial charge in [0.05, 0.1) is 0 Å². The molecule has 1 aliphatic carbocycles. The molecule has 0 saturated carbocycles. The number of nitrogens with one attached hydrogen (secondary N) is 1. The summed E-state index contributed by atoms with van der Waals surface area (Å²) in [4.78, 5) is 0. The molecule has 0 amide bonds. The summed E-state index contributed by atoms with van der Waals surface area (Å²) >= 11 is 0. The normalized spacial score (nSPS) is 16.0. The summed E-state index contributed by atoms with van der Waals surface area (Å²) in [6.45, 7) is 0. The Hall–Kier alpha value is -1.74. The van der Waals surface area contributed by atoms with Crippen LogP contribution in [0.5, 0.6) is 0 Å². The van der Waals surface area contributed by atoms with E-state index in [2.05, 4.69) is 29.6 Å². The Kier molecular flexibility index (Phi) is 4.02. The Balaban J connectivity index is 1.75. The van der Waals surface area contributed by atoms with Crippen molar-refractivity contribution in [2.24, 2.45) is 5.92 Å². The number of likely N-dealkylation sites (N-methyl/N-ethyl adjacent to an activating group) is 1. The third kappa shape index (κ3) is 2.98. The van der Waals surface area contributed by atoms with E-state index < -0.39 is 11.6 Å². The summed E-state index contributed by atoms with van der Waals surface area (Å²) in [7, 11) is 1.91. The lowest BCUT2D eigenvalue weighted by Gasteiger charge is -2.23. The van der Waals surface area contributed by atoms with Crippen molar-refractivity contribution in [3.8, 4) is 0 Å². The fourth-order valence-corrected chi connectivity index (χ4v) is 3.31. The van der Waals surface area contributed by atoms with Crippen LogP contribution in [0.25, 0.3) is 0 Å². The number of hydrogen-bond acceptors (Lipinski definition) is 1. The van der Waals surface area contributed by atoms with Gasteiger partial charge >= 0.3 is 0 Å². The molecule has 110 valence electrons. The monoisotopic (exact) mass is 287 g/mol. The maximum Gasteiger partial charge on any atom is 0.129 e. The molecule has 0 heterocycles. The van der Waals surface area contributed by atoms with Gasteiger partial charge in [-0.1, -0.05) is 30.3 Å². The lowest BCUT2D eigenvalue weighted by atomic mass is 9.91. The highest BCUT2D eigenvalue weighted by molar-refractivity contribution is 5.33. The smallest absolute Gasteiger partial charge is 0.129 e. The zero-order valence-electron chi connectivity index (χ0n) is 12.1. The van der Waals surface area contributed by atoms with Crippen molar-refractivity contribution >= 4 is 0 Å². The summed E-state index contributed by atoms with van der Waals surface area (Å²) in [5.74, 6) is -0.520. The maximum absolute atomic E-state index is 13.8. The topological polar surface area (TPSA) is 12.0 Å². The molecule has 0 saturated heterocycles. The van der Waals surface area contributed by atoms with Gasteiger partial charge in [0.15, 0.2) is 0 Å². The first-order valence-electron chi connectivity index (χ1n) is 7.35. The first kappa shape index (κ1) is 14.2. The van der Waals surface area contributed by atoms with E-state index in [9.17, 15) is 8.78 Å². The van der Waals surface area contributed by atoms with Gasteiger partial charge in [0.1, 0.15) is 11.6 Å². The molecule has 0 aromatic heterocycles. The number of hydrogen-bond donors (Lipinski definition) is 1. The summed E-state index contributed by atoms with van der Waals surface area (Å²) in [5, 5.41) is 3.31. The molecule has 1 unspecified atom stereocenters. The molecule has 0 spiro atoms. The molecule has 0 radical (unpaired) electrons. The van der Waals surface area contributed by atoms with Gasteiger partial charge in [0.25, 0.3) is 0 Å². The van der Waals surface area contributed by atoms with Crippen LogP contribution in [0.3, 0.4) is 0 Å². The highest BCUT2D eigenvalue weighted by atomic mass is 19.1. The van der Waals surface area contributed by atoms with Gasteiger partial charge in [-0.15, -0.1) is 0 Å². The zero-order valence-corrected chi connectivity index (χ0v) is 12.1. The molecule has 3 heteroatoms. The Bertz CT molecular complexity index is 614. The Morgan fingerprint density at radius 3 is 2.33 bits per heavy atom. The SMILES string of the molecule is CNC(Cc1ccc(F)cc1F)C1Cc2ccccc2C1. The minimum absolute atomic E-state index is 0.192. The quantitative estimate of drug-likeness (QED) is 0.907. The second kappa shape index (κ2) is 5.94. The average Bonchev–Trinajstić information content (AvgIpc) is 2.90. The molecule has 1 aliphatic rings. The lowest BCUT2D eigenvalue weighted by Crippen LogP contribution is -2.36. The van der Waals surface area contributed by atoms with Crippen molar-refractivity contribution in [2.45, 2.75) is 25.3 Å². The minimum atomic E-state index is -0.523. The van der Waals surface area contributed by atoms with Crippen LogP contribution >= 0.6 is 0 Å². The first-order valence-corrected chi connectivity index (χ1v) is 7.35. The van der Waals surface area contributed by atoms with E-state index >= 15 is 0 Å². The van der Waals surface area contributed by atoms with Crippen LogP contribution in [-0.2, 0) is 19.3 Å². The van der Waals surface area contributed by atoms with Crippen molar-refractivity contribution in [3.63, 3.8) is 0 Å². The molecule has 0 fully saturated rings. The van der Waals surface area contributed by atoms with Crippen LogP contribution in [0.4, 0.5) is 8.78 Å². The Morgan fingerprint density at radius 2 is 1.76 bits per heavy atom. The fourth-order valence-electron chi connectivity index (χ4n) is 3.31. The highest BCUT2D eigenvalue weighted by Crippen LogP contribution is 2.30. The van der Waals surface area contributed by atoms with Gasteiger partial charge in [-0.25, -0.2) is 8.78 Å². The predicted molar refractivity (Wildman–Crippen MR) is 80.2 cm³/mol. The molecule has 0 aliphatic heterocycles. The van der Waals surface area contributed by atoms with Crippen molar-refractivity contribution in [1.29, 1.82) is 0 Å². The fraction of sp³-hybridized carbons (Fsp3) is 0.333. The first-order chi connectivity index (χ1) is 10.2. The van der Waals surface area contributed by atoms with Crippen molar-refractivity contribution in [1.82, 2.24) is 5.32 Å². The predicted octanol–water partition coefficient (Wildman–Crippen LogP) is 3.51. The molecule has 0 bridgehead atoms. The third-order valence-electron chi connectivity index (χ3n) is 4.48. The molecular weight excluding hydrogens is 268 g/mol. The van der Waals surface area contributed by atoms with Gasteiger partial charge in [-0.2, -0.15) is 0 Å². The second-order valence-electron chi connectivity index (χ2n) is 5.77. The summed E-state index contributed by atoms with van der Waals surface area (Å²) in [6, 6.07) is 12.5. The molecular formula is C18H19F2N. The van der Waals surface area contributed by atoms with Crippen molar-refractivity contribution in [3.05, 3.63) is 70.8 Å². The summed E-state index contributed by atoms with van der Waals surface area (Å²) in [6.07, 6.45) is 2.62. The van der Waals surface area contributed by atoms with Crippen LogP contribution in [0.1, 0.15) is 16.7 Å².